The third kappa shape index (κ3) is 3.99. The number of hydrogen-bond donors (Lipinski definition) is 0. The first-order valence-electron chi connectivity index (χ1n) is 11.5. The van der Waals surface area contributed by atoms with E-state index in [2.05, 4.69) is 26.8 Å². The van der Waals surface area contributed by atoms with Crippen molar-refractivity contribution in [3.8, 4) is 11.5 Å². The summed E-state index contributed by atoms with van der Waals surface area (Å²) in [6, 6.07) is 6.05. The molecule has 3 atom stereocenters. The quantitative estimate of drug-likeness (QED) is 0.600. The number of fused-ring (bicyclic) bond motifs is 3. The zero-order valence-electron chi connectivity index (χ0n) is 20.0. The summed E-state index contributed by atoms with van der Waals surface area (Å²) in [5.74, 6) is 1.79. The molecule has 0 radical (unpaired) electrons. The van der Waals surface area contributed by atoms with E-state index in [1.54, 1.807) is 7.11 Å². The molecule has 0 bridgehead atoms. The lowest BCUT2D eigenvalue weighted by Crippen LogP contribution is -2.57. The van der Waals surface area contributed by atoms with Crippen LogP contribution in [-0.2, 0) is 9.47 Å². The van der Waals surface area contributed by atoms with Gasteiger partial charge in [-0.3, -0.25) is 0 Å². The zero-order valence-corrected chi connectivity index (χ0v) is 20.0. The van der Waals surface area contributed by atoms with Gasteiger partial charge < -0.3 is 23.8 Å². The molecular weight excluding hydrogens is 394 g/mol. The second-order valence-electron chi connectivity index (χ2n) is 10.9. The van der Waals surface area contributed by atoms with Gasteiger partial charge in [-0.15, -0.1) is 0 Å². The largest absolute Gasteiger partial charge is 0.493 e. The molecule has 1 amide bonds. The van der Waals surface area contributed by atoms with E-state index in [1.807, 2.05) is 37.8 Å². The standard InChI is InChI=1S/C25H37NO5/c1-16-25(11-13-26(14-12-25)22(27)31-23(2,3)4)15-18-20(29-16)17-9-8-10-19(28-7)21(17)30-24(18,5)6/h8-10,16,18,20H,11-15H2,1-7H3/t16-,18-,20+/m0/s1. The van der Waals surface area contributed by atoms with E-state index in [1.165, 1.54) is 0 Å². The van der Waals surface area contributed by atoms with Gasteiger partial charge >= 0.3 is 6.09 Å². The van der Waals surface area contributed by atoms with Crippen molar-refractivity contribution in [1.82, 2.24) is 4.90 Å². The van der Waals surface area contributed by atoms with Crippen molar-refractivity contribution < 1.29 is 23.7 Å². The first-order valence-corrected chi connectivity index (χ1v) is 11.5. The average molecular weight is 432 g/mol. The highest BCUT2D eigenvalue weighted by Crippen LogP contribution is 2.59. The predicted molar refractivity (Wildman–Crippen MR) is 119 cm³/mol. The number of piperidine rings is 1. The molecule has 3 aliphatic heterocycles. The fourth-order valence-corrected chi connectivity index (χ4v) is 5.51. The molecule has 0 unspecified atom stereocenters. The minimum atomic E-state index is -0.474. The van der Waals surface area contributed by atoms with Crippen molar-refractivity contribution in [2.45, 2.75) is 84.2 Å². The van der Waals surface area contributed by atoms with Gasteiger partial charge in [-0.25, -0.2) is 4.79 Å². The zero-order chi connectivity index (χ0) is 22.6. The Bertz CT molecular complexity index is 835. The number of methoxy groups -OCH3 is 1. The number of carbonyl (C=O) groups is 1. The number of hydrogen-bond acceptors (Lipinski definition) is 5. The summed E-state index contributed by atoms with van der Waals surface area (Å²) in [6.45, 7) is 13.6. The number of para-hydroxylation sites is 1. The number of nitrogens with zero attached hydrogens (tertiary/aromatic N) is 1. The van der Waals surface area contributed by atoms with E-state index >= 15 is 0 Å². The number of ether oxygens (including phenoxy) is 4. The Morgan fingerprint density at radius 1 is 1.19 bits per heavy atom. The summed E-state index contributed by atoms with van der Waals surface area (Å²) in [6.07, 6.45) is 2.72. The third-order valence-electron chi connectivity index (χ3n) is 7.41. The highest BCUT2D eigenvalue weighted by Gasteiger charge is 2.56. The van der Waals surface area contributed by atoms with Gasteiger partial charge in [0.1, 0.15) is 11.2 Å². The van der Waals surface area contributed by atoms with Crippen LogP contribution in [0.3, 0.4) is 0 Å². The molecule has 4 rings (SSSR count). The van der Waals surface area contributed by atoms with Gasteiger partial charge in [-0.1, -0.05) is 12.1 Å². The molecular formula is C25H37NO5. The molecule has 0 aromatic heterocycles. The van der Waals surface area contributed by atoms with E-state index in [0.29, 0.717) is 13.1 Å². The maximum Gasteiger partial charge on any atom is 0.410 e. The minimum absolute atomic E-state index is 0.0154. The van der Waals surface area contributed by atoms with E-state index in [9.17, 15) is 4.79 Å². The molecule has 1 aromatic carbocycles. The van der Waals surface area contributed by atoms with Gasteiger partial charge in [0, 0.05) is 30.0 Å². The maximum atomic E-state index is 12.5. The van der Waals surface area contributed by atoms with Crippen LogP contribution in [0, 0.1) is 11.3 Å². The van der Waals surface area contributed by atoms with Gasteiger partial charge in [0.25, 0.3) is 0 Å². The van der Waals surface area contributed by atoms with Crippen LogP contribution in [-0.4, -0.2) is 48.5 Å². The van der Waals surface area contributed by atoms with Gasteiger partial charge in [0.15, 0.2) is 11.5 Å². The number of rotatable bonds is 1. The summed E-state index contributed by atoms with van der Waals surface area (Å²) in [5, 5.41) is 0. The molecule has 0 N–H and O–H groups in total. The fourth-order valence-electron chi connectivity index (χ4n) is 5.51. The molecule has 1 aromatic rings. The second kappa shape index (κ2) is 7.58. The Kier molecular flexibility index (Phi) is 5.44. The van der Waals surface area contributed by atoms with E-state index in [-0.39, 0.29) is 35.2 Å². The molecule has 6 heteroatoms. The smallest absolute Gasteiger partial charge is 0.410 e. The summed E-state index contributed by atoms with van der Waals surface area (Å²) in [7, 11) is 1.68. The number of amides is 1. The van der Waals surface area contributed by atoms with Gasteiger partial charge in [-0.2, -0.15) is 0 Å². The Balaban J connectivity index is 1.54. The van der Waals surface area contributed by atoms with E-state index < -0.39 is 5.60 Å². The van der Waals surface area contributed by atoms with Crippen LogP contribution >= 0.6 is 0 Å². The Labute approximate surface area is 186 Å². The van der Waals surface area contributed by atoms with Crippen molar-refractivity contribution in [3.05, 3.63) is 23.8 Å². The summed E-state index contributed by atoms with van der Waals surface area (Å²) in [4.78, 5) is 14.4. The Morgan fingerprint density at radius 3 is 2.48 bits per heavy atom. The van der Waals surface area contributed by atoms with Crippen molar-refractivity contribution in [2.75, 3.05) is 20.2 Å². The lowest BCUT2D eigenvalue weighted by Gasteiger charge is -2.57. The minimum Gasteiger partial charge on any atom is -0.493 e. The van der Waals surface area contributed by atoms with Crippen molar-refractivity contribution in [3.63, 3.8) is 0 Å². The van der Waals surface area contributed by atoms with Crippen LogP contribution in [0.25, 0.3) is 0 Å². The molecule has 0 aliphatic carbocycles. The molecule has 3 heterocycles. The van der Waals surface area contributed by atoms with Crippen molar-refractivity contribution >= 4 is 6.09 Å². The van der Waals surface area contributed by atoms with Crippen LogP contribution in [0.2, 0.25) is 0 Å². The van der Waals surface area contributed by atoms with Crippen molar-refractivity contribution in [1.29, 1.82) is 0 Å². The summed E-state index contributed by atoms with van der Waals surface area (Å²) in [5.41, 5.74) is 0.272. The SMILES string of the molecule is COc1cccc2c1OC(C)(C)[C@H]1CC3(CCN(C(=O)OC(C)(C)C)CC3)[C@H](C)O[C@H]21. The topological polar surface area (TPSA) is 57.2 Å². The average Bonchev–Trinajstić information content (AvgIpc) is 2.68. The normalized spacial score (nSPS) is 28.9. The van der Waals surface area contributed by atoms with Crippen molar-refractivity contribution in [2.24, 2.45) is 11.3 Å². The maximum absolute atomic E-state index is 12.5. The second-order valence-corrected chi connectivity index (χ2v) is 10.9. The summed E-state index contributed by atoms with van der Waals surface area (Å²) < 4.78 is 24.4. The Hall–Kier alpha value is -1.95. The van der Waals surface area contributed by atoms with Crippen LogP contribution < -0.4 is 9.47 Å². The monoisotopic (exact) mass is 431 g/mol. The number of carbonyl (C=O) groups excluding carboxylic acids is 1. The fraction of sp³-hybridized carbons (Fsp3) is 0.720. The lowest BCUT2D eigenvalue weighted by molar-refractivity contribution is -0.209. The molecule has 3 aliphatic rings. The van der Waals surface area contributed by atoms with Crippen LogP contribution in [0.4, 0.5) is 4.79 Å². The first-order chi connectivity index (χ1) is 14.5. The van der Waals surface area contributed by atoms with Gasteiger partial charge in [0.05, 0.1) is 19.3 Å². The molecule has 1 spiro atoms. The molecule has 31 heavy (non-hydrogen) atoms. The van der Waals surface area contributed by atoms with E-state index in [0.717, 1.165) is 36.3 Å². The predicted octanol–water partition coefficient (Wildman–Crippen LogP) is 5.35. The molecule has 2 saturated heterocycles. The lowest BCUT2D eigenvalue weighted by atomic mass is 9.61. The molecule has 6 nitrogen and oxygen atoms in total. The number of benzene rings is 1. The number of likely N-dealkylation sites (tertiary alicyclic amines) is 1. The summed E-state index contributed by atoms with van der Waals surface area (Å²) >= 11 is 0. The highest BCUT2D eigenvalue weighted by molar-refractivity contribution is 5.68. The Morgan fingerprint density at radius 2 is 1.87 bits per heavy atom. The van der Waals surface area contributed by atoms with Crippen LogP contribution in [0.15, 0.2) is 18.2 Å². The van der Waals surface area contributed by atoms with Gasteiger partial charge in [-0.05, 0) is 66.9 Å². The first kappa shape index (κ1) is 22.3. The highest BCUT2D eigenvalue weighted by atomic mass is 16.6. The van der Waals surface area contributed by atoms with Gasteiger partial charge in [0.2, 0.25) is 0 Å². The molecule has 2 fully saturated rings. The van der Waals surface area contributed by atoms with Crippen LogP contribution in [0.5, 0.6) is 11.5 Å². The van der Waals surface area contributed by atoms with E-state index in [4.69, 9.17) is 18.9 Å². The molecule has 0 saturated carbocycles. The third-order valence-corrected chi connectivity index (χ3v) is 7.41. The molecule has 172 valence electrons. The van der Waals surface area contributed by atoms with Crippen LogP contribution in [0.1, 0.15) is 72.5 Å².